The van der Waals surface area contributed by atoms with Gasteiger partial charge in [0.15, 0.2) is 6.10 Å². The van der Waals surface area contributed by atoms with Gasteiger partial charge in [0.2, 0.25) is 5.78 Å². The van der Waals surface area contributed by atoms with E-state index in [1.54, 1.807) is 20.8 Å². The molecule has 2 aromatic rings. The monoisotopic (exact) mass is 479 g/mol. The van der Waals surface area contributed by atoms with Gasteiger partial charge in [-0.3, -0.25) is 24.5 Å². The van der Waals surface area contributed by atoms with Crippen molar-refractivity contribution in [1.82, 2.24) is 10.3 Å². The van der Waals surface area contributed by atoms with Crippen LogP contribution in [0.1, 0.15) is 56.3 Å². The number of H-pyrrole nitrogens is 1. The lowest BCUT2D eigenvalue weighted by atomic mass is 10.1. The van der Waals surface area contributed by atoms with E-state index in [2.05, 4.69) is 10.3 Å². The molecule has 1 amide bonds. The van der Waals surface area contributed by atoms with E-state index in [0.717, 1.165) is 6.07 Å². The number of carbonyl (C=O) groups is 4. The van der Waals surface area contributed by atoms with Gasteiger partial charge in [-0.25, -0.2) is 4.79 Å². The number of aryl methyl sites for hydroxylation is 1. The van der Waals surface area contributed by atoms with Gasteiger partial charge in [-0.05, 0) is 45.4 Å². The molecule has 176 valence electrons. The van der Waals surface area contributed by atoms with Crippen LogP contribution in [0.2, 0.25) is 5.02 Å². The van der Waals surface area contributed by atoms with Crippen molar-refractivity contribution in [3.8, 4) is 0 Å². The number of Topliss-reactive ketones (excluding diaryl/α,β-unsaturated/α-hetero) is 1. The Labute approximate surface area is 193 Å². The van der Waals surface area contributed by atoms with Gasteiger partial charge in [0, 0.05) is 17.3 Å². The van der Waals surface area contributed by atoms with Gasteiger partial charge in [0.25, 0.3) is 11.6 Å². The van der Waals surface area contributed by atoms with Crippen LogP contribution >= 0.6 is 11.6 Å². The minimum absolute atomic E-state index is 0.0768. The van der Waals surface area contributed by atoms with Crippen molar-refractivity contribution in [3.05, 3.63) is 61.4 Å². The standard InChI is InChI=1S/C21H22ClN3O8/c1-5-32-21(29)17-10(2)18(24-11(17)3)19(27)12(4)33-16(26)9-23-20(28)13-6-7-14(22)15(8-13)25(30)31/h6-8,12,24H,5,9H2,1-4H3,(H,23,28). The number of nitro benzene ring substituents is 1. The maximum Gasteiger partial charge on any atom is 0.340 e. The number of halogens is 1. The van der Waals surface area contributed by atoms with Crippen LogP contribution in [0.25, 0.3) is 0 Å². The number of rotatable bonds is 9. The third-order valence-electron chi connectivity index (χ3n) is 4.64. The number of hydrogen-bond acceptors (Lipinski definition) is 8. The highest BCUT2D eigenvalue weighted by Gasteiger charge is 2.27. The fourth-order valence-electron chi connectivity index (χ4n) is 3.05. The quantitative estimate of drug-likeness (QED) is 0.240. The molecule has 0 aliphatic rings. The molecule has 1 aromatic carbocycles. The minimum atomic E-state index is -1.21. The number of nitrogens with zero attached hydrogens (tertiary/aromatic N) is 1. The molecular formula is C21H22ClN3O8. The average Bonchev–Trinajstić information content (AvgIpc) is 3.05. The van der Waals surface area contributed by atoms with Crippen LogP contribution in [0.15, 0.2) is 18.2 Å². The summed E-state index contributed by atoms with van der Waals surface area (Å²) < 4.78 is 10.1. The van der Waals surface area contributed by atoms with E-state index in [9.17, 15) is 29.3 Å². The lowest BCUT2D eigenvalue weighted by Crippen LogP contribution is -2.34. The van der Waals surface area contributed by atoms with Crippen molar-refractivity contribution in [1.29, 1.82) is 0 Å². The Morgan fingerprint density at radius 3 is 2.52 bits per heavy atom. The third kappa shape index (κ3) is 5.95. The number of amides is 1. The Balaban J connectivity index is 2.01. The van der Waals surface area contributed by atoms with Gasteiger partial charge < -0.3 is 19.8 Å². The maximum atomic E-state index is 12.7. The number of ether oxygens (including phenoxy) is 2. The van der Waals surface area contributed by atoms with Crippen LogP contribution in [-0.2, 0) is 14.3 Å². The molecule has 0 saturated heterocycles. The lowest BCUT2D eigenvalue weighted by Gasteiger charge is -2.13. The molecule has 0 radical (unpaired) electrons. The topological polar surface area (TPSA) is 158 Å². The first-order valence-electron chi connectivity index (χ1n) is 9.80. The van der Waals surface area contributed by atoms with Crippen LogP contribution in [0.3, 0.4) is 0 Å². The Morgan fingerprint density at radius 2 is 1.91 bits per heavy atom. The molecule has 2 N–H and O–H groups in total. The second-order valence-electron chi connectivity index (χ2n) is 6.95. The highest BCUT2D eigenvalue weighted by atomic mass is 35.5. The minimum Gasteiger partial charge on any atom is -0.462 e. The SMILES string of the molecule is CCOC(=O)c1c(C)[nH]c(C(=O)C(C)OC(=O)CNC(=O)c2ccc(Cl)c([N+](=O)[O-])c2)c1C. The van der Waals surface area contributed by atoms with Crippen molar-refractivity contribution in [2.75, 3.05) is 13.2 Å². The predicted molar refractivity (Wildman–Crippen MR) is 117 cm³/mol. The summed E-state index contributed by atoms with van der Waals surface area (Å²) in [7, 11) is 0. The Morgan fingerprint density at radius 1 is 1.24 bits per heavy atom. The number of nitro groups is 1. The molecule has 0 aliphatic heterocycles. The molecule has 0 bridgehead atoms. The van der Waals surface area contributed by atoms with Crippen molar-refractivity contribution >= 4 is 40.9 Å². The van der Waals surface area contributed by atoms with E-state index < -0.39 is 46.9 Å². The Hall–Kier alpha value is -3.73. The normalized spacial score (nSPS) is 11.4. The van der Waals surface area contributed by atoms with E-state index in [1.807, 2.05) is 0 Å². The van der Waals surface area contributed by atoms with Crippen molar-refractivity contribution in [2.24, 2.45) is 0 Å². The second kappa shape index (κ2) is 10.7. The van der Waals surface area contributed by atoms with Gasteiger partial charge in [0.1, 0.15) is 11.6 Å². The van der Waals surface area contributed by atoms with Crippen LogP contribution < -0.4 is 5.32 Å². The Bertz CT molecular complexity index is 1120. The van der Waals surface area contributed by atoms with Crippen LogP contribution in [-0.4, -0.2) is 52.8 Å². The summed E-state index contributed by atoms with van der Waals surface area (Å²) >= 11 is 5.71. The number of nitrogens with one attached hydrogen (secondary N) is 2. The molecular weight excluding hydrogens is 458 g/mol. The fourth-order valence-corrected chi connectivity index (χ4v) is 3.24. The third-order valence-corrected chi connectivity index (χ3v) is 4.96. The van der Waals surface area contributed by atoms with Gasteiger partial charge in [0.05, 0.1) is 22.8 Å². The zero-order valence-corrected chi connectivity index (χ0v) is 19.1. The summed E-state index contributed by atoms with van der Waals surface area (Å²) in [5.74, 6) is -2.81. The molecule has 1 atom stereocenters. The van der Waals surface area contributed by atoms with E-state index in [4.69, 9.17) is 21.1 Å². The first-order chi connectivity index (χ1) is 15.5. The van der Waals surface area contributed by atoms with Crippen LogP contribution in [0, 0.1) is 24.0 Å². The smallest absolute Gasteiger partial charge is 0.340 e. The first-order valence-corrected chi connectivity index (χ1v) is 10.2. The van der Waals surface area contributed by atoms with E-state index in [0.29, 0.717) is 11.3 Å². The molecule has 0 fully saturated rings. The number of ketones is 1. The molecule has 2 rings (SSSR count). The summed E-state index contributed by atoms with van der Waals surface area (Å²) in [4.78, 5) is 62.1. The molecule has 12 heteroatoms. The zero-order valence-electron chi connectivity index (χ0n) is 18.3. The van der Waals surface area contributed by atoms with Gasteiger partial charge in [-0.2, -0.15) is 0 Å². The molecule has 0 spiro atoms. The van der Waals surface area contributed by atoms with Gasteiger partial charge in [-0.15, -0.1) is 0 Å². The van der Waals surface area contributed by atoms with E-state index >= 15 is 0 Å². The number of carbonyl (C=O) groups excluding carboxylic acids is 4. The van der Waals surface area contributed by atoms with Crippen molar-refractivity contribution in [3.63, 3.8) is 0 Å². The van der Waals surface area contributed by atoms with Crippen molar-refractivity contribution in [2.45, 2.75) is 33.8 Å². The molecule has 1 aromatic heterocycles. The predicted octanol–water partition coefficient (Wildman–Crippen LogP) is 2.91. The summed E-state index contributed by atoms with van der Waals surface area (Å²) in [6, 6.07) is 3.44. The van der Waals surface area contributed by atoms with Crippen LogP contribution in [0.5, 0.6) is 0 Å². The Kier molecular flexibility index (Phi) is 8.30. The number of hydrogen-bond donors (Lipinski definition) is 2. The number of aromatic nitrogens is 1. The maximum absolute atomic E-state index is 12.7. The molecule has 33 heavy (non-hydrogen) atoms. The number of benzene rings is 1. The van der Waals surface area contributed by atoms with Crippen molar-refractivity contribution < 1.29 is 33.6 Å². The average molecular weight is 480 g/mol. The molecule has 0 saturated carbocycles. The summed E-state index contributed by atoms with van der Waals surface area (Å²) in [6.07, 6.45) is -1.21. The van der Waals surface area contributed by atoms with E-state index in [1.165, 1.54) is 19.1 Å². The highest BCUT2D eigenvalue weighted by Crippen LogP contribution is 2.25. The second-order valence-corrected chi connectivity index (χ2v) is 7.35. The largest absolute Gasteiger partial charge is 0.462 e. The number of aromatic amines is 1. The van der Waals surface area contributed by atoms with E-state index in [-0.39, 0.29) is 28.5 Å². The molecule has 1 unspecified atom stereocenters. The van der Waals surface area contributed by atoms with Gasteiger partial charge in [-0.1, -0.05) is 11.6 Å². The fraction of sp³-hybridized carbons (Fsp3) is 0.333. The first kappa shape index (κ1) is 25.5. The highest BCUT2D eigenvalue weighted by molar-refractivity contribution is 6.32. The molecule has 0 aliphatic carbocycles. The summed E-state index contributed by atoms with van der Waals surface area (Å²) in [6.45, 7) is 5.80. The lowest BCUT2D eigenvalue weighted by molar-refractivity contribution is -0.384. The molecule has 11 nitrogen and oxygen atoms in total. The zero-order chi connectivity index (χ0) is 24.9. The summed E-state index contributed by atoms with van der Waals surface area (Å²) in [5.41, 5.74) is 0.627. The molecule has 1 heterocycles. The van der Waals surface area contributed by atoms with Crippen LogP contribution in [0.4, 0.5) is 5.69 Å². The van der Waals surface area contributed by atoms with Gasteiger partial charge >= 0.3 is 11.9 Å². The summed E-state index contributed by atoms with van der Waals surface area (Å²) in [5, 5.41) is 13.1. The number of esters is 2.